The highest BCUT2D eigenvalue weighted by molar-refractivity contribution is 5.35. The molecule has 362 valence electrons. The summed E-state index contributed by atoms with van der Waals surface area (Å²) in [6, 6.07) is 0. The lowest BCUT2D eigenvalue weighted by Gasteiger charge is -2.66. The van der Waals surface area contributed by atoms with Crippen molar-refractivity contribution in [3.8, 4) is 0 Å². The molecule has 0 radical (unpaired) electrons. The molecule has 15 heteroatoms. The van der Waals surface area contributed by atoms with Gasteiger partial charge in [-0.25, -0.2) is 0 Å². The molecule has 0 spiro atoms. The summed E-state index contributed by atoms with van der Waals surface area (Å²) in [7, 11) is 0. The molecule has 6 fully saturated rings. The van der Waals surface area contributed by atoms with Crippen LogP contribution in [0.2, 0.25) is 0 Å². The van der Waals surface area contributed by atoms with Gasteiger partial charge in [0.2, 0.25) is 0 Å². The van der Waals surface area contributed by atoms with E-state index in [2.05, 4.69) is 47.6 Å². The Morgan fingerprint density at radius 1 is 0.698 bits per heavy atom. The van der Waals surface area contributed by atoms with Gasteiger partial charge in [-0.05, 0) is 119 Å². The number of allylic oxidation sites excluding steroid dienone is 2. The first-order chi connectivity index (χ1) is 29.3. The van der Waals surface area contributed by atoms with E-state index < -0.39 is 110 Å². The molecule has 0 amide bonds. The van der Waals surface area contributed by atoms with Crippen LogP contribution in [0.15, 0.2) is 23.3 Å². The third-order valence-electron chi connectivity index (χ3n) is 17.9. The maximum Gasteiger partial charge on any atom is 0.187 e. The van der Waals surface area contributed by atoms with Gasteiger partial charge in [0.25, 0.3) is 0 Å². The van der Waals surface area contributed by atoms with E-state index in [9.17, 15) is 46.0 Å². The normalized spacial score (nSPS) is 53.0. The zero-order valence-electron chi connectivity index (χ0n) is 39.3. The largest absolute Gasteiger partial charge is 0.388 e. The van der Waals surface area contributed by atoms with Gasteiger partial charge in [-0.15, -0.1) is 0 Å². The molecule has 7 aliphatic rings. The minimum atomic E-state index is -1.48. The van der Waals surface area contributed by atoms with E-state index in [1.54, 1.807) is 20.8 Å². The van der Waals surface area contributed by atoms with Crippen LogP contribution in [-0.4, -0.2) is 156 Å². The Hall–Kier alpha value is -1.12. The third-order valence-corrected chi connectivity index (χ3v) is 17.9. The Labute approximate surface area is 373 Å². The zero-order chi connectivity index (χ0) is 46.5. The van der Waals surface area contributed by atoms with Crippen molar-refractivity contribution in [3.05, 3.63) is 23.3 Å². The van der Waals surface area contributed by atoms with Crippen LogP contribution in [0.5, 0.6) is 0 Å². The minimum absolute atomic E-state index is 0.0755. The second kappa shape index (κ2) is 18.1. The molecule has 15 nitrogen and oxygen atoms in total. The second-order valence-electron chi connectivity index (χ2n) is 22.4. The van der Waals surface area contributed by atoms with Gasteiger partial charge in [-0.1, -0.05) is 64.8 Å². The molecule has 4 aliphatic carbocycles. The lowest BCUT2D eigenvalue weighted by Crippen LogP contribution is -2.65. The van der Waals surface area contributed by atoms with Gasteiger partial charge in [-0.2, -0.15) is 0 Å². The average Bonchev–Trinajstić information content (AvgIpc) is 3.49. The summed E-state index contributed by atoms with van der Waals surface area (Å²) in [5.74, 6) is 0.258. The van der Waals surface area contributed by atoms with Crippen LogP contribution in [0, 0.1) is 45.3 Å². The van der Waals surface area contributed by atoms with Gasteiger partial charge in [0.1, 0.15) is 54.9 Å². The molecule has 9 N–H and O–H groups in total. The Balaban J connectivity index is 1.20. The van der Waals surface area contributed by atoms with Crippen LogP contribution in [0.4, 0.5) is 0 Å². The summed E-state index contributed by atoms with van der Waals surface area (Å²) >= 11 is 0. The Morgan fingerprint density at radius 2 is 1.21 bits per heavy atom. The van der Waals surface area contributed by atoms with Gasteiger partial charge in [-0.3, -0.25) is 0 Å². The van der Waals surface area contributed by atoms with Crippen LogP contribution < -0.4 is 0 Å². The molecule has 0 unspecified atom stereocenters. The first-order valence-corrected chi connectivity index (χ1v) is 23.7. The molecule has 3 saturated heterocycles. The first-order valence-electron chi connectivity index (χ1n) is 23.7. The third kappa shape index (κ3) is 8.47. The monoisotopic (exact) mass is 897 g/mol. The molecule has 3 aliphatic heterocycles. The molecule has 0 aromatic rings. The fourth-order valence-corrected chi connectivity index (χ4v) is 14.0. The van der Waals surface area contributed by atoms with Crippen molar-refractivity contribution in [2.45, 2.75) is 232 Å². The van der Waals surface area contributed by atoms with Crippen LogP contribution in [0.3, 0.4) is 0 Å². The molecule has 0 bridgehead atoms. The summed E-state index contributed by atoms with van der Waals surface area (Å²) in [6.07, 6.45) is -9.53. The van der Waals surface area contributed by atoms with Crippen molar-refractivity contribution in [3.63, 3.8) is 0 Å². The molecule has 0 aromatic heterocycles. The van der Waals surface area contributed by atoms with Gasteiger partial charge >= 0.3 is 0 Å². The number of hydrogen-bond donors (Lipinski definition) is 9. The fourth-order valence-electron chi connectivity index (χ4n) is 14.0. The van der Waals surface area contributed by atoms with E-state index in [1.165, 1.54) is 5.57 Å². The topological polar surface area (TPSA) is 237 Å². The number of fused-ring (bicyclic) bond motifs is 5. The molecule has 25 atom stereocenters. The van der Waals surface area contributed by atoms with E-state index in [0.717, 1.165) is 31.3 Å². The summed E-state index contributed by atoms with van der Waals surface area (Å²) in [6.45, 7) is 22.7. The Bertz CT molecular complexity index is 1670. The molecule has 63 heavy (non-hydrogen) atoms. The maximum atomic E-state index is 11.4. The number of hydrogen-bond acceptors (Lipinski definition) is 15. The quantitative estimate of drug-likeness (QED) is 0.144. The van der Waals surface area contributed by atoms with Gasteiger partial charge in [0.15, 0.2) is 18.9 Å². The average molecular weight is 897 g/mol. The van der Waals surface area contributed by atoms with E-state index in [4.69, 9.17) is 28.4 Å². The number of ether oxygens (including phenoxy) is 6. The highest BCUT2D eigenvalue weighted by Crippen LogP contribution is 2.74. The van der Waals surface area contributed by atoms with Crippen LogP contribution in [0.1, 0.15) is 121 Å². The van der Waals surface area contributed by atoms with Crippen molar-refractivity contribution < 1.29 is 74.4 Å². The summed E-state index contributed by atoms with van der Waals surface area (Å²) < 4.78 is 38.1. The van der Waals surface area contributed by atoms with Crippen LogP contribution in [0.25, 0.3) is 0 Å². The van der Waals surface area contributed by atoms with Gasteiger partial charge in [0, 0.05) is 5.92 Å². The Morgan fingerprint density at radius 3 is 1.75 bits per heavy atom. The maximum absolute atomic E-state index is 11.4. The summed E-state index contributed by atoms with van der Waals surface area (Å²) in [4.78, 5) is 0. The van der Waals surface area contributed by atoms with Crippen molar-refractivity contribution >= 4 is 0 Å². The smallest absolute Gasteiger partial charge is 0.187 e. The van der Waals surface area contributed by atoms with Crippen molar-refractivity contribution in [2.24, 2.45) is 45.3 Å². The minimum Gasteiger partial charge on any atom is -0.388 e. The van der Waals surface area contributed by atoms with Gasteiger partial charge < -0.3 is 74.4 Å². The number of rotatable bonds is 10. The van der Waals surface area contributed by atoms with Gasteiger partial charge in [0.05, 0.1) is 36.6 Å². The van der Waals surface area contributed by atoms with Crippen LogP contribution >= 0.6 is 0 Å². The zero-order valence-corrected chi connectivity index (χ0v) is 39.3. The predicted molar refractivity (Wildman–Crippen MR) is 229 cm³/mol. The molecular weight excluding hydrogens is 817 g/mol. The van der Waals surface area contributed by atoms with Crippen molar-refractivity contribution in [2.75, 3.05) is 0 Å². The predicted octanol–water partition coefficient (Wildman–Crippen LogP) is 2.83. The standard InChI is InChI=1S/C48H80O15/c1-21(2)18-26(61-42-39(55)36(52)33(49)23(4)58-42)19-22(3)27-14-17-47(10)28-12-13-30-45(7,8)31(63-44-41(57)38(54)35(51)25(6)60-44)15-16-46(30,9)32(28)29(20-48(27,47)11)62-43-40(56)37(53)34(50)24(5)59-43/h12,18,22-27,29-44,49-57H,13-17,19-20H2,1-11H3/t22-,23+,24-,25+,26-,27+,29-,30+,31-,32-,33+,34+,35+,36-,37+,38-,39-,40-,41-,42+,43+,44+,46+,47-,48+/m1/s1. The van der Waals surface area contributed by atoms with E-state index in [0.29, 0.717) is 19.3 Å². The Kier molecular flexibility index (Phi) is 14.3. The molecule has 3 heterocycles. The highest BCUT2D eigenvalue weighted by Gasteiger charge is 2.69. The lowest BCUT2D eigenvalue weighted by molar-refractivity contribution is -0.328. The summed E-state index contributed by atoms with van der Waals surface area (Å²) in [5.41, 5.74) is 1.03. The summed E-state index contributed by atoms with van der Waals surface area (Å²) in [5, 5.41) is 96.7. The lowest BCUT2D eigenvalue weighted by atomic mass is 9.40. The van der Waals surface area contributed by atoms with Crippen molar-refractivity contribution in [1.29, 1.82) is 0 Å². The highest BCUT2D eigenvalue weighted by atomic mass is 16.7. The van der Waals surface area contributed by atoms with Crippen LogP contribution in [-0.2, 0) is 28.4 Å². The second-order valence-corrected chi connectivity index (χ2v) is 22.4. The number of aliphatic hydroxyl groups excluding tert-OH is 9. The molecule has 0 aromatic carbocycles. The van der Waals surface area contributed by atoms with Crippen molar-refractivity contribution in [1.82, 2.24) is 0 Å². The number of aliphatic hydroxyl groups is 9. The molecular formula is C48H80O15. The SMILES string of the molecule is CC(C)=C[C@H](C[C@@H](C)[C@@H]1CC[C@]2(C)C3=CC[C@H]4C(C)(C)[C@H](O[C@@H]5O[C@@H](C)[C@H](O)[C@@H](O)[C@H]5O)CC[C@]4(C)[C@H]3[C@H](O[C@@H]3O[C@H](C)[C@H](O)[C@H](O)[C@H]3O)C[C@@]12C)O[C@@H]1O[C@@H](C)[C@H](O)[C@@H](O)[C@H]1O. The fraction of sp³-hybridized carbons (Fsp3) is 0.917. The first kappa shape index (κ1) is 49.8. The molecule has 7 rings (SSSR count). The molecule has 3 saturated carbocycles. The van der Waals surface area contributed by atoms with E-state index in [-0.39, 0.29) is 46.0 Å². The van der Waals surface area contributed by atoms with E-state index in [1.807, 2.05) is 19.9 Å². The van der Waals surface area contributed by atoms with E-state index >= 15 is 0 Å².